The lowest BCUT2D eigenvalue weighted by Gasteiger charge is -2.26. The molecular formula is C8H18O5S. The van der Waals surface area contributed by atoms with Crippen LogP contribution in [0.2, 0.25) is 0 Å². The summed E-state index contributed by atoms with van der Waals surface area (Å²) in [5.74, 6) is 0. The third kappa shape index (κ3) is 4.59. The summed E-state index contributed by atoms with van der Waals surface area (Å²) in [6.07, 6.45) is -0.869. The van der Waals surface area contributed by atoms with E-state index in [1.54, 1.807) is 6.26 Å². The van der Waals surface area contributed by atoms with Crippen LogP contribution < -0.4 is 0 Å². The average molecular weight is 226 g/mol. The van der Waals surface area contributed by atoms with Gasteiger partial charge in [-0.05, 0) is 13.2 Å². The van der Waals surface area contributed by atoms with Crippen LogP contribution in [0.25, 0.3) is 0 Å². The number of ether oxygens (including phenoxy) is 1. The van der Waals surface area contributed by atoms with E-state index in [0.29, 0.717) is 0 Å². The van der Waals surface area contributed by atoms with Crippen molar-refractivity contribution in [3.63, 3.8) is 0 Å². The second-order valence-electron chi connectivity index (χ2n) is 2.95. The maximum atomic E-state index is 9.28. The first-order valence-corrected chi connectivity index (χ1v) is 5.61. The van der Waals surface area contributed by atoms with Gasteiger partial charge in [0.1, 0.15) is 17.6 Å². The summed E-state index contributed by atoms with van der Waals surface area (Å²) in [6.45, 7) is 0.750. The van der Waals surface area contributed by atoms with Crippen molar-refractivity contribution in [1.29, 1.82) is 0 Å². The Labute approximate surface area is 87.7 Å². The topological polar surface area (TPSA) is 90.2 Å². The summed E-state index contributed by atoms with van der Waals surface area (Å²) in [6, 6.07) is 0. The molecule has 86 valence electrons. The summed E-state index contributed by atoms with van der Waals surface area (Å²) in [5.41, 5.74) is -0.647. The highest BCUT2D eigenvalue weighted by atomic mass is 32.2. The van der Waals surface area contributed by atoms with Crippen molar-refractivity contribution in [2.75, 3.05) is 19.5 Å². The summed E-state index contributed by atoms with van der Waals surface area (Å²) in [7, 11) is 0. The van der Waals surface area contributed by atoms with Crippen LogP contribution in [0, 0.1) is 0 Å². The molecule has 0 bridgehead atoms. The van der Waals surface area contributed by atoms with Gasteiger partial charge in [0.15, 0.2) is 0 Å². The smallest absolute Gasteiger partial charge is 0.131 e. The molecule has 5 nitrogen and oxygen atoms in total. The molecule has 14 heavy (non-hydrogen) atoms. The molecule has 0 saturated heterocycles. The van der Waals surface area contributed by atoms with Crippen LogP contribution >= 0.6 is 11.8 Å². The zero-order valence-corrected chi connectivity index (χ0v) is 9.15. The van der Waals surface area contributed by atoms with Crippen LogP contribution in [0.1, 0.15) is 6.92 Å². The monoisotopic (exact) mass is 226 g/mol. The van der Waals surface area contributed by atoms with Gasteiger partial charge in [-0.15, -0.1) is 11.8 Å². The Bertz CT molecular complexity index is 144. The van der Waals surface area contributed by atoms with Crippen molar-refractivity contribution in [3.8, 4) is 0 Å². The quantitative estimate of drug-likeness (QED) is 0.407. The first kappa shape index (κ1) is 14.2. The number of thioether (sulfide) groups is 1. The van der Waals surface area contributed by atoms with Crippen LogP contribution in [0.5, 0.6) is 0 Å². The van der Waals surface area contributed by atoms with Crippen molar-refractivity contribution in [3.05, 3.63) is 0 Å². The van der Waals surface area contributed by atoms with E-state index in [-0.39, 0.29) is 6.61 Å². The van der Waals surface area contributed by atoms with Gasteiger partial charge in [0.25, 0.3) is 0 Å². The van der Waals surface area contributed by atoms with Crippen molar-refractivity contribution in [2.45, 2.75) is 30.7 Å². The number of aliphatic hydroxyl groups excluding tert-OH is 4. The molecule has 0 aromatic heterocycles. The lowest BCUT2D eigenvalue weighted by molar-refractivity contribution is -0.102. The number of hydrogen-bond acceptors (Lipinski definition) is 6. The molecule has 0 fully saturated rings. The minimum Gasteiger partial charge on any atom is -0.394 e. The molecule has 0 aliphatic rings. The van der Waals surface area contributed by atoms with Crippen LogP contribution in [0.3, 0.4) is 0 Å². The first-order valence-electron chi connectivity index (χ1n) is 4.32. The normalized spacial score (nSPS) is 20.1. The summed E-state index contributed by atoms with van der Waals surface area (Å²) >= 11 is 1.21. The van der Waals surface area contributed by atoms with Gasteiger partial charge in [-0.1, -0.05) is 0 Å². The highest BCUT2D eigenvalue weighted by molar-refractivity contribution is 7.99. The van der Waals surface area contributed by atoms with Crippen molar-refractivity contribution < 1.29 is 25.2 Å². The minimum absolute atomic E-state index is 0.327. The SMILES string of the molecule is CS[C@H](OC(CO)[C@H](C)O)[C@H](O)CO. The molecule has 0 aromatic rings. The third-order valence-electron chi connectivity index (χ3n) is 1.76. The number of rotatable bonds is 7. The minimum atomic E-state index is -1.02. The second kappa shape index (κ2) is 7.44. The van der Waals surface area contributed by atoms with E-state index in [0.717, 1.165) is 0 Å². The van der Waals surface area contributed by atoms with E-state index < -0.39 is 30.4 Å². The molecule has 0 saturated carbocycles. The van der Waals surface area contributed by atoms with E-state index in [9.17, 15) is 10.2 Å². The molecule has 4 atom stereocenters. The molecule has 0 radical (unpaired) electrons. The van der Waals surface area contributed by atoms with Gasteiger partial charge in [-0.25, -0.2) is 0 Å². The fourth-order valence-corrected chi connectivity index (χ4v) is 1.53. The van der Waals surface area contributed by atoms with Gasteiger partial charge < -0.3 is 25.2 Å². The number of aliphatic hydroxyl groups is 4. The highest BCUT2D eigenvalue weighted by Gasteiger charge is 2.24. The summed E-state index contributed by atoms with van der Waals surface area (Å²) < 4.78 is 5.22. The van der Waals surface area contributed by atoms with Gasteiger partial charge >= 0.3 is 0 Å². The zero-order chi connectivity index (χ0) is 11.1. The molecule has 0 aromatic carbocycles. The second-order valence-corrected chi connectivity index (χ2v) is 3.89. The molecular weight excluding hydrogens is 208 g/mol. The zero-order valence-electron chi connectivity index (χ0n) is 8.33. The molecule has 0 aliphatic carbocycles. The van der Waals surface area contributed by atoms with Gasteiger partial charge in [-0.3, -0.25) is 0 Å². The van der Waals surface area contributed by atoms with Crippen LogP contribution in [0.4, 0.5) is 0 Å². The Balaban J connectivity index is 4.13. The van der Waals surface area contributed by atoms with Gasteiger partial charge in [0.05, 0.1) is 19.3 Å². The molecule has 0 rings (SSSR count). The maximum absolute atomic E-state index is 9.28. The fourth-order valence-electron chi connectivity index (χ4n) is 0.871. The Morgan fingerprint density at radius 3 is 2.07 bits per heavy atom. The summed E-state index contributed by atoms with van der Waals surface area (Å²) in [4.78, 5) is 0. The first-order chi connectivity index (χ1) is 6.56. The Hall–Kier alpha value is 0.150. The lowest BCUT2D eigenvalue weighted by atomic mass is 10.2. The van der Waals surface area contributed by atoms with Gasteiger partial charge in [-0.2, -0.15) is 0 Å². The van der Waals surface area contributed by atoms with E-state index >= 15 is 0 Å². The standard InChI is InChI=1S/C8H18O5S/c1-5(11)7(4-10)13-8(14-2)6(12)3-9/h5-12H,3-4H2,1-2H3/t5-,6+,7?,8-/m0/s1. The highest BCUT2D eigenvalue weighted by Crippen LogP contribution is 2.16. The number of hydrogen-bond donors (Lipinski definition) is 4. The van der Waals surface area contributed by atoms with E-state index in [2.05, 4.69) is 0 Å². The Morgan fingerprint density at radius 1 is 1.21 bits per heavy atom. The van der Waals surface area contributed by atoms with Crippen molar-refractivity contribution in [1.82, 2.24) is 0 Å². The summed E-state index contributed by atoms with van der Waals surface area (Å²) in [5, 5.41) is 36.0. The fraction of sp³-hybridized carbons (Fsp3) is 1.00. The Kier molecular flexibility index (Phi) is 7.52. The third-order valence-corrected chi connectivity index (χ3v) is 2.65. The van der Waals surface area contributed by atoms with Crippen LogP contribution in [-0.2, 0) is 4.74 Å². The lowest BCUT2D eigenvalue weighted by Crippen LogP contribution is -2.38. The Morgan fingerprint density at radius 2 is 1.79 bits per heavy atom. The predicted octanol–water partition coefficient (Wildman–Crippen LogP) is -1.21. The predicted molar refractivity (Wildman–Crippen MR) is 54.0 cm³/mol. The average Bonchev–Trinajstić information content (AvgIpc) is 2.18. The van der Waals surface area contributed by atoms with Crippen molar-refractivity contribution >= 4 is 11.8 Å². The van der Waals surface area contributed by atoms with E-state index in [4.69, 9.17) is 14.9 Å². The largest absolute Gasteiger partial charge is 0.394 e. The molecule has 6 heteroatoms. The molecule has 1 unspecified atom stereocenters. The van der Waals surface area contributed by atoms with Gasteiger partial charge in [0.2, 0.25) is 0 Å². The van der Waals surface area contributed by atoms with Crippen LogP contribution in [0.15, 0.2) is 0 Å². The van der Waals surface area contributed by atoms with Gasteiger partial charge in [0, 0.05) is 0 Å². The molecule has 0 spiro atoms. The molecule has 0 amide bonds. The molecule has 0 aliphatic heterocycles. The molecule has 0 heterocycles. The van der Waals surface area contributed by atoms with E-state index in [1.165, 1.54) is 18.7 Å². The van der Waals surface area contributed by atoms with Crippen LogP contribution in [-0.4, -0.2) is 63.6 Å². The van der Waals surface area contributed by atoms with Crippen molar-refractivity contribution in [2.24, 2.45) is 0 Å². The maximum Gasteiger partial charge on any atom is 0.131 e. The van der Waals surface area contributed by atoms with E-state index in [1.807, 2.05) is 0 Å². The molecule has 4 N–H and O–H groups in total.